The first-order valence-corrected chi connectivity index (χ1v) is 19.0. The van der Waals surface area contributed by atoms with E-state index < -0.39 is 6.17 Å². The fourth-order valence-electron chi connectivity index (χ4n) is 8.80. The van der Waals surface area contributed by atoms with E-state index in [2.05, 4.69) is 180 Å². The summed E-state index contributed by atoms with van der Waals surface area (Å²) in [6.07, 6.45) is -0.488. The molecule has 262 valence electrons. The molecule has 9 aromatic carbocycles. The SMILES string of the molecule is c1ccc(C2=NC(c3cccc4ccccc34)=NC(c3ccc4oc5ccccc5c4c3-n3c4cc5ccccc5cc4c4cc5ccccc5cc43)N2)cc1. The van der Waals surface area contributed by atoms with Gasteiger partial charge in [0.05, 0.1) is 22.1 Å². The lowest BCUT2D eigenvalue weighted by Crippen LogP contribution is -2.34. The molecule has 1 unspecified atom stereocenters. The number of furan rings is 1. The van der Waals surface area contributed by atoms with E-state index in [1.807, 2.05) is 12.1 Å². The quantitative estimate of drug-likeness (QED) is 0.197. The average molecular weight is 717 g/mol. The van der Waals surface area contributed by atoms with Gasteiger partial charge in [-0.25, -0.2) is 9.98 Å². The average Bonchev–Trinajstić information content (AvgIpc) is 3.79. The molecule has 5 heteroatoms. The minimum absolute atomic E-state index is 0.488. The topological polar surface area (TPSA) is 54.8 Å². The molecular formula is C51H32N4O. The van der Waals surface area contributed by atoms with Gasteiger partial charge in [0.15, 0.2) is 5.84 Å². The summed E-state index contributed by atoms with van der Waals surface area (Å²) >= 11 is 0. The predicted octanol–water partition coefficient (Wildman–Crippen LogP) is 12.6. The van der Waals surface area contributed by atoms with Crippen LogP contribution < -0.4 is 5.32 Å². The molecule has 11 aromatic rings. The summed E-state index contributed by atoms with van der Waals surface area (Å²) in [6.45, 7) is 0. The van der Waals surface area contributed by atoms with Crippen molar-refractivity contribution < 1.29 is 4.42 Å². The van der Waals surface area contributed by atoms with Gasteiger partial charge in [0.2, 0.25) is 0 Å². The Morgan fingerprint density at radius 3 is 1.79 bits per heavy atom. The molecule has 0 fully saturated rings. The number of aromatic nitrogens is 1. The van der Waals surface area contributed by atoms with Crippen LogP contribution in [0.3, 0.4) is 0 Å². The molecular weight excluding hydrogens is 685 g/mol. The van der Waals surface area contributed by atoms with Crippen molar-refractivity contribution in [1.82, 2.24) is 9.88 Å². The molecule has 1 N–H and O–H groups in total. The first-order valence-electron chi connectivity index (χ1n) is 19.0. The van der Waals surface area contributed by atoms with Crippen molar-refractivity contribution in [1.29, 1.82) is 0 Å². The Morgan fingerprint density at radius 1 is 0.482 bits per heavy atom. The van der Waals surface area contributed by atoms with Gasteiger partial charge in [-0.3, -0.25) is 0 Å². The number of rotatable bonds is 4. The number of fused-ring (bicyclic) bond motifs is 9. The molecule has 0 saturated carbocycles. The summed E-state index contributed by atoms with van der Waals surface area (Å²) in [5.41, 5.74) is 7.97. The number of amidine groups is 2. The van der Waals surface area contributed by atoms with Crippen molar-refractivity contribution >= 4 is 87.7 Å². The number of aliphatic imine (C=N–C) groups is 2. The van der Waals surface area contributed by atoms with Crippen LogP contribution in [0.5, 0.6) is 0 Å². The highest BCUT2D eigenvalue weighted by Crippen LogP contribution is 2.44. The van der Waals surface area contributed by atoms with Gasteiger partial charge in [0, 0.05) is 32.8 Å². The molecule has 12 rings (SSSR count). The van der Waals surface area contributed by atoms with Crippen LogP contribution in [0.4, 0.5) is 0 Å². The van der Waals surface area contributed by atoms with Gasteiger partial charge in [0.25, 0.3) is 0 Å². The first kappa shape index (κ1) is 30.9. The van der Waals surface area contributed by atoms with Crippen molar-refractivity contribution in [3.8, 4) is 5.69 Å². The number of nitrogens with zero attached hydrogens (tertiary/aromatic N) is 3. The van der Waals surface area contributed by atoms with Crippen LogP contribution in [-0.2, 0) is 0 Å². The molecule has 0 bridgehead atoms. The lowest BCUT2D eigenvalue weighted by atomic mass is 10.0. The van der Waals surface area contributed by atoms with E-state index in [0.29, 0.717) is 5.84 Å². The van der Waals surface area contributed by atoms with Crippen LogP contribution >= 0.6 is 0 Å². The maximum atomic E-state index is 6.63. The summed E-state index contributed by atoms with van der Waals surface area (Å²) in [5.74, 6) is 1.46. The summed E-state index contributed by atoms with van der Waals surface area (Å²) < 4.78 is 9.10. The molecule has 0 aliphatic carbocycles. The Kier molecular flexibility index (Phi) is 6.63. The van der Waals surface area contributed by atoms with Crippen LogP contribution in [0.2, 0.25) is 0 Å². The first-order chi connectivity index (χ1) is 27.7. The maximum absolute atomic E-state index is 6.63. The van der Waals surface area contributed by atoms with Crippen molar-refractivity contribution in [2.75, 3.05) is 0 Å². The highest BCUT2D eigenvalue weighted by molar-refractivity contribution is 6.20. The molecule has 5 nitrogen and oxygen atoms in total. The fourth-order valence-corrected chi connectivity index (χ4v) is 8.80. The third-order valence-corrected chi connectivity index (χ3v) is 11.4. The highest BCUT2D eigenvalue weighted by atomic mass is 16.3. The lowest BCUT2D eigenvalue weighted by molar-refractivity contribution is 0.661. The zero-order chi connectivity index (χ0) is 36.7. The molecule has 3 heterocycles. The van der Waals surface area contributed by atoms with Crippen LogP contribution in [0.25, 0.3) is 81.7 Å². The van der Waals surface area contributed by atoms with Crippen molar-refractivity contribution in [2.45, 2.75) is 6.17 Å². The van der Waals surface area contributed by atoms with Crippen LogP contribution in [0.1, 0.15) is 22.9 Å². The lowest BCUT2D eigenvalue weighted by Gasteiger charge is -2.26. The summed E-state index contributed by atoms with van der Waals surface area (Å²) in [4.78, 5) is 10.8. The number of hydrogen-bond donors (Lipinski definition) is 1. The van der Waals surface area contributed by atoms with Gasteiger partial charge in [0.1, 0.15) is 23.2 Å². The predicted molar refractivity (Wildman–Crippen MR) is 232 cm³/mol. The molecule has 0 saturated heterocycles. The summed E-state index contributed by atoms with van der Waals surface area (Å²) in [5, 5.41) is 15.4. The minimum atomic E-state index is -0.488. The van der Waals surface area contributed by atoms with E-state index in [4.69, 9.17) is 14.4 Å². The highest BCUT2D eigenvalue weighted by Gasteiger charge is 2.29. The van der Waals surface area contributed by atoms with E-state index >= 15 is 0 Å². The van der Waals surface area contributed by atoms with Gasteiger partial charge in [-0.2, -0.15) is 0 Å². The molecule has 2 aromatic heterocycles. The number of benzene rings is 9. The van der Waals surface area contributed by atoms with Crippen molar-refractivity contribution in [2.24, 2.45) is 9.98 Å². The zero-order valence-corrected chi connectivity index (χ0v) is 30.1. The third-order valence-electron chi connectivity index (χ3n) is 11.4. The largest absolute Gasteiger partial charge is 0.456 e. The van der Waals surface area contributed by atoms with E-state index in [0.717, 1.165) is 72.0 Å². The molecule has 0 amide bonds. The van der Waals surface area contributed by atoms with Gasteiger partial charge in [-0.05, 0) is 74.8 Å². The smallest absolute Gasteiger partial charge is 0.160 e. The van der Waals surface area contributed by atoms with Gasteiger partial charge < -0.3 is 14.3 Å². The van der Waals surface area contributed by atoms with Gasteiger partial charge in [-0.15, -0.1) is 0 Å². The second kappa shape index (κ2) is 12.0. The Labute approximate surface area is 321 Å². The van der Waals surface area contributed by atoms with Crippen molar-refractivity contribution in [3.05, 3.63) is 199 Å². The molecule has 0 radical (unpaired) electrons. The standard InChI is InChI=1S/C51H32N4O/c1-2-14-32(15-3-1)49-52-50(38-23-12-20-31-13-8-9-21-37(31)38)54-51(53-49)40-25-26-46-47(39-22-10-11-24-45(39)56-46)48(40)55-43-29-35-18-6-4-16-33(35)27-41(43)42-28-34-17-5-7-19-36(34)30-44(42)55/h1-30,51H,(H,52,53,54). The van der Waals surface area contributed by atoms with Gasteiger partial charge in [-0.1, -0.05) is 140 Å². The molecule has 1 aliphatic rings. The fraction of sp³-hybridized carbons (Fsp3) is 0.0196. The van der Waals surface area contributed by atoms with E-state index in [1.165, 1.54) is 32.3 Å². The normalized spacial score (nSPS) is 14.6. The maximum Gasteiger partial charge on any atom is 0.160 e. The number of hydrogen-bond acceptors (Lipinski definition) is 4. The molecule has 1 aliphatic heterocycles. The second-order valence-corrected chi connectivity index (χ2v) is 14.6. The van der Waals surface area contributed by atoms with E-state index in [1.54, 1.807) is 0 Å². The summed E-state index contributed by atoms with van der Waals surface area (Å²) in [7, 11) is 0. The third kappa shape index (κ3) is 4.67. The molecule has 56 heavy (non-hydrogen) atoms. The van der Waals surface area contributed by atoms with E-state index in [9.17, 15) is 0 Å². The minimum Gasteiger partial charge on any atom is -0.456 e. The van der Waals surface area contributed by atoms with E-state index in [-0.39, 0.29) is 0 Å². The Balaban J connectivity index is 1.22. The zero-order valence-electron chi connectivity index (χ0n) is 30.1. The van der Waals surface area contributed by atoms with Gasteiger partial charge >= 0.3 is 0 Å². The number of para-hydroxylation sites is 1. The van der Waals surface area contributed by atoms with Crippen molar-refractivity contribution in [3.63, 3.8) is 0 Å². The van der Waals surface area contributed by atoms with Crippen LogP contribution in [0, 0.1) is 0 Å². The molecule has 1 atom stereocenters. The van der Waals surface area contributed by atoms with Crippen LogP contribution in [0.15, 0.2) is 196 Å². The monoisotopic (exact) mass is 716 g/mol. The Morgan fingerprint density at radius 2 is 1.07 bits per heavy atom. The Hall–Kier alpha value is -7.50. The summed E-state index contributed by atoms with van der Waals surface area (Å²) in [6, 6.07) is 64.5. The second-order valence-electron chi connectivity index (χ2n) is 14.6. The number of nitrogens with one attached hydrogen (secondary N) is 1. The Bertz CT molecular complexity index is 3360. The van der Waals surface area contributed by atoms with Crippen LogP contribution in [-0.4, -0.2) is 16.2 Å². The molecule has 0 spiro atoms.